The Balaban J connectivity index is 2.10. The van der Waals surface area contributed by atoms with E-state index in [4.69, 9.17) is 9.47 Å². The van der Waals surface area contributed by atoms with Crippen molar-refractivity contribution >= 4 is 26.6 Å². The van der Waals surface area contributed by atoms with Crippen molar-refractivity contribution in [2.75, 3.05) is 18.9 Å². The molecule has 1 heterocycles. The predicted molar refractivity (Wildman–Crippen MR) is 99.9 cm³/mol. The molecule has 0 amide bonds. The molecule has 0 radical (unpaired) electrons. The molecule has 154 valence electrons. The number of H-pyrrole nitrogens is 1. The quantitative estimate of drug-likeness (QED) is 0.650. The summed E-state index contributed by atoms with van der Waals surface area (Å²) >= 11 is 0. The minimum absolute atomic E-state index is 0.0961. The van der Waals surface area contributed by atoms with Gasteiger partial charge in [0.15, 0.2) is 0 Å². The molecule has 0 spiro atoms. The molecule has 0 atom stereocenters. The van der Waals surface area contributed by atoms with E-state index in [0.717, 1.165) is 18.2 Å². The van der Waals surface area contributed by atoms with Crippen molar-refractivity contribution in [2.45, 2.75) is 11.1 Å². The third-order valence-corrected chi connectivity index (χ3v) is 5.41. The third kappa shape index (κ3) is 4.29. The van der Waals surface area contributed by atoms with Crippen molar-refractivity contribution < 1.29 is 31.1 Å². The van der Waals surface area contributed by atoms with Gasteiger partial charge in [-0.25, -0.2) is 8.42 Å². The van der Waals surface area contributed by atoms with Crippen LogP contribution >= 0.6 is 0 Å². The van der Waals surface area contributed by atoms with Gasteiger partial charge < -0.3 is 14.5 Å². The van der Waals surface area contributed by atoms with Gasteiger partial charge in [-0.05, 0) is 18.2 Å². The van der Waals surface area contributed by atoms with Crippen LogP contribution in [-0.4, -0.2) is 27.6 Å². The molecule has 0 aliphatic carbocycles. The van der Waals surface area contributed by atoms with Gasteiger partial charge >= 0.3 is 6.18 Å². The van der Waals surface area contributed by atoms with Crippen LogP contribution in [0.4, 0.5) is 18.9 Å². The summed E-state index contributed by atoms with van der Waals surface area (Å²) < 4.78 is 77.7. The van der Waals surface area contributed by atoms with Crippen LogP contribution in [-0.2, 0) is 16.2 Å². The highest BCUT2D eigenvalue weighted by Crippen LogP contribution is 2.34. The lowest BCUT2D eigenvalue weighted by atomic mass is 10.1. The van der Waals surface area contributed by atoms with Crippen LogP contribution in [0.25, 0.3) is 10.9 Å². The van der Waals surface area contributed by atoms with Crippen molar-refractivity contribution in [3.05, 3.63) is 58.4 Å². The molecule has 1 aromatic heterocycles. The average Bonchev–Trinajstić information content (AvgIpc) is 2.65. The molecule has 0 bridgehead atoms. The van der Waals surface area contributed by atoms with Gasteiger partial charge in [0.1, 0.15) is 11.5 Å². The maximum atomic E-state index is 13.3. The van der Waals surface area contributed by atoms with E-state index in [-0.39, 0.29) is 11.2 Å². The van der Waals surface area contributed by atoms with Crippen molar-refractivity contribution in [2.24, 2.45) is 0 Å². The first kappa shape index (κ1) is 20.5. The molecule has 0 saturated heterocycles. The molecule has 0 aliphatic rings. The Morgan fingerprint density at radius 1 is 0.966 bits per heavy atom. The number of rotatable bonds is 5. The minimum Gasteiger partial charge on any atom is -0.497 e. The number of anilines is 1. The molecule has 0 saturated carbocycles. The van der Waals surface area contributed by atoms with Crippen molar-refractivity contribution in [1.82, 2.24) is 4.98 Å². The predicted octanol–water partition coefficient (Wildman–Crippen LogP) is 3.36. The molecule has 0 unspecified atom stereocenters. The number of aromatic amines is 1. The highest BCUT2D eigenvalue weighted by Gasteiger charge is 2.33. The zero-order chi connectivity index (χ0) is 21.4. The fourth-order valence-corrected chi connectivity index (χ4v) is 3.78. The Morgan fingerprint density at radius 2 is 1.59 bits per heavy atom. The fourth-order valence-electron chi connectivity index (χ4n) is 2.71. The van der Waals surface area contributed by atoms with E-state index in [1.165, 1.54) is 32.4 Å². The van der Waals surface area contributed by atoms with E-state index in [9.17, 15) is 26.4 Å². The molecule has 0 aliphatic heterocycles. The average molecular weight is 428 g/mol. The summed E-state index contributed by atoms with van der Waals surface area (Å²) in [6, 6.07) is 7.75. The maximum absolute atomic E-state index is 13.3. The summed E-state index contributed by atoms with van der Waals surface area (Å²) in [6.07, 6.45) is -4.83. The number of methoxy groups -OCH3 is 2. The Hall–Kier alpha value is -3.21. The van der Waals surface area contributed by atoms with Gasteiger partial charge in [0.2, 0.25) is 5.56 Å². The second-order valence-corrected chi connectivity index (χ2v) is 7.64. The first-order valence-electron chi connectivity index (χ1n) is 8.03. The number of nitrogens with one attached hydrogen (secondary N) is 2. The van der Waals surface area contributed by atoms with E-state index < -0.39 is 37.6 Å². The van der Waals surface area contributed by atoms with Gasteiger partial charge in [0.25, 0.3) is 10.0 Å². The van der Waals surface area contributed by atoms with Crippen molar-refractivity contribution in [1.29, 1.82) is 0 Å². The monoisotopic (exact) mass is 428 g/mol. The molecule has 3 rings (SSSR count). The number of alkyl halides is 3. The number of benzene rings is 2. The first-order valence-corrected chi connectivity index (χ1v) is 9.52. The van der Waals surface area contributed by atoms with Gasteiger partial charge in [-0.1, -0.05) is 0 Å². The number of fused-ring (bicyclic) bond motifs is 1. The fraction of sp³-hybridized carbons (Fsp3) is 0.167. The van der Waals surface area contributed by atoms with Gasteiger partial charge in [-0.15, -0.1) is 0 Å². The topological polar surface area (TPSA) is 97.5 Å². The molecule has 3 aromatic rings. The SMILES string of the molecule is COc1cc(NS(=O)(=O)c2ccc3[nH]c(=O)cc(C(F)(F)F)c3c2)cc(OC)c1. The Morgan fingerprint density at radius 3 is 2.14 bits per heavy atom. The molecule has 2 N–H and O–H groups in total. The number of pyridine rings is 1. The zero-order valence-corrected chi connectivity index (χ0v) is 15.9. The first-order chi connectivity index (χ1) is 13.5. The van der Waals surface area contributed by atoms with E-state index >= 15 is 0 Å². The summed E-state index contributed by atoms with van der Waals surface area (Å²) in [7, 11) is -1.48. The van der Waals surface area contributed by atoms with Crippen LogP contribution in [0.15, 0.2) is 52.2 Å². The zero-order valence-electron chi connectivity index (χ0n) is 15.1. The summed E-state index contributed by atoms with van der Waals surface area (Å²) in [5.41, 5.74) is -2.20. The number of ether oxygens (including phenoxy) is 2. The molecule has 2 aromatic carbocycles. The lowest BCUT2D eigenvalue weighted by Crippen LogP contribution is -2.16. The Kier molecular flexibility index (Phi) is 5.18. The number of aromatic nitrogens is 1. The van der Waals surface area contributed by atoms with Gasteiger partial charge in [0.05, 0.1) is 30.4 Å². The van der Waals surface area contributed by atoms with E-state index in [1.54, 1.807) is 0 Å². The number of hydrogen-bond donors (Lipinski definition) is 2. The van der Waals surface area contributed by atoms with E-state index in [1.807, 2.05) is 0 Å². The van der Waals surface area contributed by atoms with Crippen LogP contribution < -0.4 is 19.8 Å². The van der Waals surface area contributed by atoms with Gasteiger partial charge in [0, 0.05) is 35.2 Å². The van der Waals surface area contributed by atoms with Gasteiger partial charge in [-0.3, -0.25) is 9.52 Å². The third-order valence-electron chi connectivity index (χ3n) is 4.03. The van der Waals surface area contributed by atoms with Crippen molar-refractivity contribution in [3.8, 4) is 11.5 Å². The molecule has 29 heavy (non-hydrogen) atoms. The van der Waals surface area contributed by atoms with Crippen LogP contribution in [0.1, 0.15) is 5.56 Å². The van der Waals surface area contributed by atoms with Crippen LogP contribution in [0, 0.1) is 0 Å². The number of sulfonamides is 1. The largest absolute Gasteiger partial charge is 0.497 e. The molecule has 0 fully saturated rings. The maximum Gasteiger partial charge on any atom is 0.417 e. The highest BCUT2D eigenvalue weighted by molar-refractivity contribution is 7.92. The lowest BCUT2D eigenvalue weighted by Gasteiger charge is -2.13. The molecular formula is C18H15F3N2O5S. The summed E-state index contributed by atoms with van der Waals surface area (Å²) in [5.74, 6) is 0.634. The van der Waals surface area contributed by atoms with Crippen LogP contribution in [0.3, 0.4) is 0 Å². The van der Waals surface area contributed by atoms with E-state index in [2.05, 4.69) is 9.71 Å². The van der Waals surface area contributed by atoms with E-state index in [0.29, 0.717) is 17.6 Å². The normalized spacial score (nSPS) is 12.0. The molecule has 11 heteroatoms. The minimum atomic E-state index is -4.83. The summed E-state index contributed by atoms with van der Waals surface area (Å²) in [6.45, 7) is 0. The highest BCUT2D eigenvalue weighted by atomic mass is 32.2. The Bertz CT molecular complexity index is 1210. The second kappa shape index (κ2) is 7.32. The Labute approximate surface area is 163 Å². The van der Waals surface area contributed by atoms with Crippen LogP contribution in [0.5, 0.6) is 11.5 Å². The van der Waals surface area contributed by atoms with Gasteiger partial charge in [-0.2, -0.15) is 13.2 Å². The van der Waals surface area contributed by atoms with Crippen molar-refractivity contribution in [3.63, 3.8) is 0 Å². The second-order valence-electron chi connectivity index (χ2n) is 5.96. The molecule has 7 nitrogen and oxygen atoms in total. The number of hydrogen-bond acceptors (Lipinski definition) is 5. The summed E-state index contributed by atoms with van der Waals surface area (Å²) in [5, 5.41) is -0.441. The molecular weight excluding hydrogens is 413 g/mol. The summed E-state index contributed by atoms with van der Waals surface area (Å²) in [4.78, 5) is 13.3. The lowest BCUT2D eigenvalue weighted by molar-refractivity contribution is -0.136. The standard InChI is InChI=1S/C18H15F3N2O5S/c1-27-11-5-10(6-12(7-11)28-2)23-29(25,26)13-3-4-16-14(8-13)15(18(19,20)21)9-17(24)22-16/h3-9,23H,1-2H3,(H,22,24). The smallest absolute Gasteiger partial charge is 0.417 e. The number of halogens is 3. The van der Waals surface area contributed by atoms with Crippen LogP contribution in [0.2, 0.25) is 0 Å².